The second-order valence-electron chi connectivity index (χ2n) is 6.79. The Balaban J connectivity index is 1.62. The van der Waals surface area contributed by atoms with Crippen LogP contribution in [0, 0.1) is 0 Å². The SMILES string of the molecule is Nc1ccc2c(c1)N(CC(=O)NC1CCCC1)C(=O)/C(=C\c1ccco1)O2. The number of carbonyl (C=O) groups excluding carboxylic acids is 2. The highest BCUT2D eigenvalue weighted by atomic mass is 16.5. The van der Waals surface area contributed by atoms with Crippen LogP contribution in [0.3, 0.4) is 0 Å². The predicted molar refractivity (Wildman–Crippen MR) is 101 cm³/mol. The summed E-state index contributed by atoms with van der Waals surface area (Å²) in [6.07, 6.45) is 7.24. The number of nitrogen functional groups attached to an aromatic ring is 1. The number of carbonyl (C=O) groups is 2. The number of amides is 2. The van der Waals surface area contributed by atoms with Crippen LogP contribution in [0.15, 0.2) is 46.8 Å². The Morgan fingerprint density at radius 3 is 2.85 bits per heavy atom. The minimum Gasteiger partial charge on any atom is -0.465 e. The van der Waals surface area contributed by atoms with E-state index in [-0.39, 0.29) is 24.3 Å². The molecule has 0 atom stereocenters. The molecule has 0 unspecified atom stereocenters. The first-order valence-corrected chi connectivity index (χ1v) is 9.04. The molecule has 4 rings (SSSR count). The van der Waals surface area contributed by atoms with Crippen molar-refractivity contribution in [3.8, 4) is 5.75 Å². The van der Waals surface area contributed by atoms with Gasteiger partial charge in [0.25, 0.3) is 5.91 Å². The van der Waals surface area contributed by atoms with Crippen LogP contribution in [-0.2, 0) is 9.59 Å². The average Bonchev–Trinajstić information content (AvgIpc) is 3.33. The molecule has 0 spiro atoms. The normalized spacial score (nSPS) is 18.4. The van der Waals surface area contributed by atoms with Gasteiger partial charge in [-0.05, 0) is 43.2 Å². The van der Waals surface area contributed by atoms with Gasteiger partial charge in [-0.3, -0.25) is 14.5 Å². The highest BCUT2D eigenvalue weighted by Gasteiger charge is 2.32. The van der Waals surface area contributed by atoms with E-state index in [4.69, 9.17) is 14.9 Å². The van der Waals surface area contributed by atoms with E-state index in [1.807, 2.05) is 0 Å². The van der Waals surface area contributed by atoms with Crippen LogP contribution < -0.4 is 20.7 Å². The lowest BCUT2D eigenvalue weighted by Gasteiger charge is -2.30. The predicted octanol–water partition coefficient (Wildman–Crippen LogP) is 2.69. The maximum absolute atomic E-state index is 13.0. The zero-order chi connectivity index (χ0) is 18.8. The number of furan rings is 1. The number of benzene rings is 1. The third-order valence-electron chi connectivity index (χ3n) is 4.79. The van der Waals surface area contributed by atoms with Gasteiger partial charge in [-0.15, -0.1) is 0 Å². The van der Waals surface area contributed by atoms with E-state index in [0.717, 1.165) is 25.7 Å². The lowest BCUT2D eigenvalue weighted by atomic mass is 10.1. The van der Waals surface area contributed by atoms with Gasteiger partial charge < -0.3 is 20.2 Å². The molecule has 1 aliphatic carbocycles. The van der Waals surface area contributed by atoms with E-state index in [1.54, 1.807) is 30.3 Å². The standard InChI is InChI=1S/C20H21N3O4/c21-13-7-8-17-16(10-13)23(12-19(24)22-14-4-1-2-5-14)20(25)18(27-17)11-15-6-3-9-26-15/h3,6-11,14H,1-2,4-5,12,21H2,(H,22,24)/b18-11+. The molecule has 1 aliphatic heterocycles. The molecule has 2 amide bonds. The Bertz CT molecular complexity index is 883. The molecule has 0 radical (unpaired) electrons. The van der Waals surface area contributed by atoms with Crippen LogP contribution in [-0.4, -0.2) is 24.4 Å². The molecule has 1 aromatic heterocycles. The van der Waals surface area contributed by atoms with Gasteiger partial charge in [0, 0.05) is 17.8 Å². The van der Waals surface area contributed by atoms with E-state index in [9.17, 15) is 9.59 Å². The molecule has 3 N–H and O–H groups in total. The summed E-state index contributed by atoms with van der Waals surface area (Å²) in [5.74, 6) is 0.452. The lowest BCUT2D eigenvalue weighted by molar-refractivity contribution is -0.123. The number of hydrogen-bond donors (Lipinski definition) is 2. The summed E-state index contributed by atoms with van der Waals surface area (Å²) in [4.78, 5) is 26.9. The zero-order valence-electron chi connectivity index (χ0n) is 14.8. The molecule has 1 aromatic carbocycles. The van der Waals surface area contributed by atoms with Gasteiger partial charge in [-0.25, -0.2) is 0 Å². The second-order valence-corrected chi connectivity index (χ2v) is 6.79. The van der Waals surface area contributed by atoms with Crippen molar-refractivity contribution in [2.24, 2.45) is 0 Å². The van der Waals surface area contributed by atoms with Crippen LogP contribution in [0.1, 0.15) is 31.4 Å². The molecule has 0 saturated heterocycles. The van der Waals surface area contributed by atoms with Crippen LogP contribution in [0.25, 0.3) is 6.08 Å². The third kappa shape index (κ3) is 3.67. The highest BCUT2D eigenvalue weighted by Crippen LogP contribution is 2.37. The number of nitrogens with zero attached hydrogens (tertiary/aromatic N) is 1. The Kier molecular flexibility index (Phi) is 4.58. The van der Waals surface area contributed by atoms with E-state index in [0.29, 0.717) is 22.9 Å². The molecule has 2 aliphatic rings. The molecule has 0 bridgehead atoms. The van der Waals surface area contributed by atoms with Crippen LogP contribution >= 0.6 is 0 Å². The maximum Gasteiger partial charge on any atom is 0.294 e. The summed E-state index contributed by atoms with van der Waals surface area (Å²) in [5, 5.41) is 3.01. The van der Waals surface area contributed by atoms with Crippen molar-refractivity contribution in [3.63, 3.8) is 0 Å². The summed E-state index contributed by atoms with van der Waals surface area (Å²) in [5.41, 5.74) is 6.85. The first-order valence-electron chi connectivity index (χ1n) is 9.04. The molecule has 27 heavy (non-hydrogen) atoms. The van der Waals surface area contributed by atoms with Crippen LogP contribution in [0.4, 0.5) is 11.4 Å². The van der Waals surface area contributed by atoms with E-state index in [2.05, 4.69) is 5.32 Å². The lowest BCUT2D eigenvalue weighted by Crippen LogP contribution is -2.46. The Hall–Kier alpha value is -3.22. The molecule has 2 aromatic rings. The number of anilines is 2. The molecule has 7 heteroatoms. The van der Waals surface area contributed by atoms with E-state index < -0.39 is 5.91 Å². The van der Waals surface area contributed by atoms with Crippen molar-refractivity contribution in [2.45, 2.75) is 31.7 Å². The quantitative estimate of drug-likeness (QED) is 0.640. The van der Waals surface area contributed by atoms with Crippen molar-refractivity contribution in [2.75, 3.05) is 17.2 Å². The average molecular weight is 367 g/mol. The summed E-state index contributed by atoms with van der Waals surface area (Å²) < 4.78 is 11.0. The molecule has 7 nitrogen and oxygen atoms in total. The number of fused-ring (bicyclic) bond motifs is 1. The Morgan fingerprint density at radius 2 is 2.11 bits per heavy atom. The molecule has 140 valence electrons. The van der Waals surface area contributed by atoms with Gasteiger partial charge in [0.2, 0.25) is 5.91 Å². The van der Waals surface area contributed by atoms with Gasteiger partial charge >= 0.3 is 0 Å². The Morgan fingerprint density at radius 1 is 1.30 bits per heavy atom. The highest BCUT2D eigenvalue weighted by molar-refractivity contribution is 6.12. The zero-order valence-corrected chi connectivity index (χ0v) is 14.8. The number of hydrogen-bond acceptors (Lipinski definition) is 5. The van der Waals surface area contributed by atoms with Crippen molar-refractivity contribution < 1.29 is 18.7 Å². The number of nitrogens with one attached hydrogen (secondary N) is 1. The first kappa shape index (κ1) is 17.2. The summed E-state index contributed by atoms with van der Waals surface area (Å²) in [7, 11) is 0. The largest absolute Gasteiger partial charge is 0.465 e. The van der Waals surface area contributed by atoms with Gasteiger partial charge in [0.15, 0.2) is 11.5 Å². The van der Waals surface area contributed by atoms with Gasteiger partial charge in [0.1, 0.15) is 12.3 Å². The van der Waals surface area contributed by atoms with Gasteiger partial charge in [-0.2, -0.15) is 0 Å². The second kappa shape index (κ2) is 7.19. The molecule has 2 heterocycles. The molecular formula is C20H21N3O4. The topological polar surface area (TPSA) is 97.8 Å². The fourth-order valence-corrected chi connectivity index (χ4v) is 3.47. The van der Waals surface area contributed by atoms with Crippen LogP contribution in [0.5, 0.6) is 5.75 Å². The van der Waals surface area contributed by atoms with E-state index in [1.165, 1.54) is 17.2 Å². The Labute approximate surface area is 156 Å². The van der Waals surface area contributed by atoms with Crippen molar-refractivity contribution in [3.05, 3.63) is 48.1 Å². The minimum absolute atomic E-state index is 0.0926. The summed E-state index contributed by atoms with van der Waals surface area (Å²) in [6.45, 7) is -0.0926. The minimum atomic E-state index is -0.411. The number of rotatable bonds is 4. The molecule has 1 saturated carbocycles. The summed E-state index contributed by atoms with van der Waals surface area (Å²) in [6, 6.07) is 8.65. The van der Waals surface area contributed by atoms with Crippen molar-refractivity contribution in [1.82, 2.24) is 5.32 Å². The third-order valence-corrected chi connectivity index (χ3v) is 4.79. The first-order chi connectivity index (χ1) is 13.1. The maximum atomic E-state index is 13.0. The van der Waals surface area contributed by atoms with Crippen LogP contribution in [0.2, 0.25) is 0 Å². The number of nitrogens with two attached hydrogens (primary N) is 1. The smallest absolute Gasteiger partial charge is 0.294 e. The number of ether oxygens (including phenoxy) is 1. The fourth-order valence-electron chi connectivity index (χ4n) is 3.47. The van der Waals surface area contributed by atoms with E-state index >= 15 is 0 Å². The monoisotopic (exact) mass is 367 g/mol. The fraction of sp³-hybridized carbons (Fsp3) is 0.300. The van der Waals surface area contributed by atoms with Gasteiger partial charge in [0.05, 0.1) is 12.0 Å². The molecular weight excluding hydrogens is 346 g/mol. The van der Waals surface area contributed by atoms with Crippen molar-refractivity contribution in [1.29, 1.82) is 0 Å². The molecule has 1 fully saturated rings. The van der Waals surface area contributed by atoms with Gasteiger partial charge in [-0.1, -0.05) is 12.8 Å². The summed E-state index contributed by atoms with van der Waals surface area (Å²) >= 11 is 0. The van der Waals surface area contributed by atoms with Crippen molar-refractivity contribution >= 4 is 29.3 Å².